The lowest BCUT2D eigenvalue weighted by atomic mass is 10.4. The third kappa shape index (κ3) is 0.251. The third-order valence-corrected chi connectivity index (χ3v) is 0.494. The van der Waals surface area contributed by atoms with E-state index in [0.29, 0.717) is 0 Å². The highest BCUT2D eigenvalue weighted by Crippen LogP contribution is 1.91. The molecule has 2 nitrogen and oxygen atoms in total. The molecule has 0 atom stereocenters. The van der Waals surface area contributed by atoms with Crippen LogP contribution in [0.25, 0.3) is 0 Å². The number of oxime groups is 1. The van der Waals surface area contributed by atoms with Crippen molar-refractivity contribution in [2.75, 3.05) is 6.61 Å². The van der Waals surface area contributed by atoms with Crippen LogP contribution in [0.15, 0.2) is 5.16 Å². The average molecular weight is 71.1 g/mol. The van der Waals surface area contributed by atoms with Gasteiger partial charge in [-0.3, -0.25) is 0 Å². The average Bonchev–Trinajstić information content (AvgIpc) is 1.30. The Hall–Kier alpha value is -0.530. The lowest BCUT2D eigenvalue weighted by Gasteiger charge is -2.05. The van der Waals surface area contributed by atoms with Crippen LogP contribution < -0.4 is 0 Å². The smallest absolute Gasteiger partial charge is 0.158 e. The van der Waals surface area contributed by atoms with Gasteiger partial charge in [0.1, 0.15) is 0 Å². The van der Waals surface area contributed by atoms with E-state index in [2.05, 4.69) is 9.99 Å². The highest BCUT2D eigenvalue weighted by molar-refractivity contribution is 5.84. The fourth-order valence-corrected chi connectivity index (χ4v) is 0.194. The molecule has 1 heterocycles. The van der Waals surface area contributed by atoms with Crippen molar-refractivity contribution < 1.29 is 4.84 Å². The molecule has 0 saturated carbocycles. The highest BCUT2D eigenvalue weighted by atomic mass is 16.7. The highest BCUT2D eigenvalue weighted by Gasteiger charge is 1.98. The lowest BCUT2D eigenvalue weighted by Crippen LogP contribution is -2.11. The van der Waals surface area contributed by atoms with Crippen LogP contribution in [-0.4, -0.2) is 12.3 Å². The van der Waals surface area contributed by atoms with Crippen LogP contribution in [-0.2, 0) is 4.84 Å². The van der Waals surface area contributed by atoms with Gasteiger partial charge >= 0.3 is 0 Å². The molecule has 0 aromatic carbocycles. The molecule has 0 spiro atoms. The molecule has 0 radical (unpaired) electrons. The Bertz CT molecular complexity index is 67.3. The Kier molecular flexibility index (Phi) is 0.381. The second kappa shape index (κ2) is 0.708. The van der Waals surface area contributed by atoms with E-state index < -0.39 is 0 Å². The predicted octanol–water partition coefficient (Wildman–Crippen LogP) is 0.393. The Morgan fingerprint density at radius 2 is 2.40 bits per heavy atom. The van der Waals surface area contributed by atoms with Crippen LogP contribution in [0.4, 0.5) is 0 Å². The van der Waals surface area contributed by atoms with E-state index in [-0.39, 0.29) is 0 Å². The molecular formula is C3H5NO. The molecule has 0 unspecified atom stereocenters. The minimum atomic E-state index is 0.736. The SMILES string of the molecule is CC1=NOC1. The van der Waals surface area contributed by atoms with E-state index in [1.165, 1.54) is 0 Å². The van der Waals surface area contributed by atoms with Gasteiger partial charge < -0.3 is 4.84 Å². The summed E-state index contributed by atoms with van der Waals surface area (Å²) in [6.45, 7) is 2.67. The van der Waals surface area contributed by atoms with E-state index >= 15 is 0 Å². The summed E-state index contributed by atoms with van der Waals surface area (Å²) in [6, 6.07) is 0. The Balaban J connectivity index is 2.51. The number of hydrogen-bond donors (Lipinski definition) is 0. The van der Waals surface area contributed by atoms with Gasteiger partial charge in [-0.1, -0.05) is 5.16 Å². The van der Waals surface area contributed by atoms with Crippen molar-refractivity contribution in [3.8, 4) is 0 Å². The van der Waals surface area contributed by atoms with Gasteiger partial charge in [-0.05, 0) is 6.92 Å². The first-order chi connectivity index (χ1) is 2.39. The zero-order valence-corrected chi connectivity index (χ0v) is 3.06. The molecule has 1 rings (SSSR count). The number of hydrogen-bond acceptors (Lipinski definition) is 2. The summed E-state index contributed by atoms with van der Waals surface area (Å²) < 4.78 is 0. The number of nitrogens with zero attached hydrogens (tertiary/aromatic N) is 1. The largest absolute Gasteiger partial charge is 0.389 e. The quantitative estimate of drug-likeness (QED) is 0.405. The molecule has 0 saturated heterocycles. The molecule has 0 aromatic rings. The van der Waals surface area contributed by atoms with Crippen molar-refractivity contribution in [3.63, 3.8) is 0 Å². The Morgan fingerprint density at radius 1 is 2.00 bits per heavy atom. The monoisotopic (exact) mass is 71.0 g/mol. The fraction of sp³-hybridized carbons (Fsp3) is 0.667. The molecule has 0 aliphatic carbocycles. The van der Waals surface area contributed by atoms with Gasteiger partial charge in [-0.25, -0.2) is 0 Å². The van der Waals surface area contributed by atoms with Gasteiger partial charge in [0.05, 0.1) is 5.71 Å². The first kappa shape index (κ1) is 2.69. The van der Waals surface area contributed by atoms with E-state index in [4.69, 9.17) is 0 Å². The van der Waals surface area contributed by atoms with Crippen LogP contribution >= 0.6 is 0 Å². The summed E-state index contributed by atoms with van der Waals surface area (Å²) in [7, 11) is 0. The topological polar surface area (TPSA) is 21.6 Å². The molecule has 0 bridgehead atoms. The van der Waals surface area contributed by atoms with Crippen LogP contribution in [0, 0.1) is 0 Å². The van der Waals surface area contributed by atoms with Crippen molar-refractivity contribution >= 4 is 5.71 Å². The molecular weight excluding hydrogens is 66.0 g/mol. The maximum Gasteiger partial charge on any atom is 0.158 e. The summed E-state index contributed by atoms with van der Waals surface area (Å²) in [5, 5.41) is 3.49. The summed E-state index contributed by atoms with van der Waals surface area (Å²) in [4.78, 5) is 4.42. The normalized spacial score (nSPS) is 19.0. The van der Waals surface area contributed by atoms with Crippen LogP contribution in [0.1, 0.15) is 6.92 Å². The van der Waals surface area contributed by atoms with Gasteiger partial charge in [0.2, 0.25) is 0 Å². The Morgan fingerprint density at radius 3 is 2.40 bits per heavy atom. The summed E-state index contributed by atoms with van der Waals surface area (Å²) >= 11 is 0. The molecule has 2 heteroatoms. The van der Waals surface area contributed by atoms with Gasteiger partial charge in [0, 0.05) is 0 Å². The van der Waals surface area contributed by atoms with Crippen LogP contribution in [0.2, 0.25) is 0 Å². The zero-order chi connectivity index (χ0) is 3.70. The minimum Gasteiger partial charge on any atom is -0.389 e. The van der Waals surface area contributed by atoms with Crippen molar-refractivity contribution in [1.82, 2.24) is 0 Å². The zero-order valence-electron chi connectivity index (χ0n) is 3.06. The molecule has 0 amide bonds. The van der Waals surface area contributed by atoms with Crippen molar-refractivity contribution in [2.45, 2.75) is 6.92 Å². The molecule has 1 aliphatic heterocycles. The van der Waals surface area contributed by atoms with E-state index in [0.717, 1.165) is 12.3 Å². The van der Waals surface area contributed by atoms with Crippen molar-refractivity contribution in [3.05, 3.63) is 0 Å². The maximum absolute atomic E-state index is 4.42. The first-order valence-electron chi connectivity index (χ1n) is 1.55. The standard InChI is InChI=1S/C3H5NO/c1-3-2-5-4-3/h2H2,1H3. The fourth-order valence-electron chi connectivity index (χ4n) is 0.194. The maximum atomic E-state index is 4.42. The van der Waals surface area contributed by atoms with Gasteiger partial charge in [-0.15, -0.1) is 0 Å². The van der Waals surface area contributed by atoms with Crippen LogP contribution in [0.5, 0.6) is 0 Å². The Labute approximate surface area is 30.4 Å². The number of rotatable bonds is 0. The van der Waals surface area contributed by atoms with Gasteiger partial charge in [-0.2, -0.15) is 0 Å². The molecule has 0 N–H and O–H groups in total. The van der Waals surface area contributed by atoms with E-state index in [1.54, 1.807) is 0 Å². The van der Waals surface area contributed by atoms with Gasteiger partial charge in [0.15, 0.2) is 6.61 Å². The molecule has 1 aliphatic rings. The first-order valence-corrected chi connectivity index (χ1v) is 1.55. The second-order valence-corrected chi connectivity index (χ2v) is 1.10. The lowest BCUT2D eigenvalue weighted by molar-refractivity contribution is 0.141. The molecule has 0 aromatic heterocycles. The predicted molar refractivity (Wildman–Crippen MR) is 19.1 cm³/mol. The molecule has 28 valence electrons. The van der Waals surface area contributed by atoms with E-state index in [9.17, 15) is 0 Å². The van der Waals surface area contributed by atoms with Crippen LogP contribution in [0.3, 0.4) is 0 Å². The summed E-state index contributed by atoms with van der Waals surface area (Å²) in [6.07, 6.45) is 0. The molecule has 0 fully saturated rings. The van der Waals surface area contributed by atoms with E-state index in [1.807, 2.05) is 6.92 Å². The summed E-state index contributed by atoms with van der Waals surface area (Å²) in [5.74, 6) is 0. The van der Waals surface area contributed by atoms with Gasteiger partial charge in [0.25, 0.3) is 0 Å². The molecule has 5 heavy (non-hydrogen) atoms. The second-order valence-electron chi connectivity index (χ2n) is 1.10. The summed E-state index contributed by atoms with van der Waals surface area (Å²) in [5.41, 5.74) is 1.09. The van der Waals surface area contributed by atoms with Crippen molar-refractivity contribution in [1.29, 1.82) is 0 Å². The third-order valence-electron chi connectivity index (χ3n) is 0.494. The van der Waals surface area contributed by atoms with Crippen molar-refractivity contribution in [2.24, 2.45) is 5.16 Å². The minimum absolute atomic E-state index is 0.736.